The van der Waals surface area contributed by atoms with E-state index in [9.17, 15) is 9.59 Å². The highest BCUT2D eigenvalue weighted by atomic mass is 16.5. The van der Waals surface area contributed by atoms with Gasteiger partial charge in [-0.15, -0.1) is 0 Å². The number of nitrogens with zero attached hydrogens (tertiary/aromatic N) is 2. The summed E-state index contributed by atoms with van der Waals surface area (Å²) in [4.78, 5) is 26.2. The van der Waals surface area contributed by atoms with Crippen molar-refractivity contribution in [2.45, 2.75) is 77.8 Å². The Hall–Kier alpha value is -3.29. The molecule has 0 bridgehead atoms. The summed E-state index contributed by atoms with van der Waals surface area (Å²) in [6.07, 6.45) is 7.74. The molecule has 8 nitrogen and oxygen atoms in total. The molecule has 0 radical (unpaired) electrons. The molecule has 36 heavy (non-hydrogen) atoms. The average Bonchev–Trinajstić information content (AvgIpc) is 3.45. The van der Waals surface area contributed by atoms with Gasteiger partial charge in [0.25, 0.3) is 0 Å². The fourth-order valence-electron chi connectivity index (χ4n) is 4.79. The van der Waals surface area contributed by atoms with Crippen molar-refractivity contribution in [1.82, 2.24) is 10.5 Å². The summed E-state index contributed by atoms with van der Waals surface area (Å²) in [5, 5.41) is 6.68. The zero-order valence-electron chi connectivity index (χ0n) is 21.9. The topological polar surface area (TPSA) is 93.9 Å². The minimum absolute atomic E-state index is 0.242. The van der Waals surface area contributed by atoms with E-state index in [0.717, 1.165) is 37.9 Å². The van der Waals surface area contributed by atoms with Crippen molar-refractivity contribution in [2.75, 3.05) is 25.2 Å². The maximum absolute atomic E-state index is 12.1. The number of allylic oxidation sites excluding steroid dienone is 1. The Morgan fingerprint density at radius 1 is 1.19 bits per heavy atom. The van der Waals surface area contributed by atoms with Crippen molar-refractivity contribution in [1.29, 1.82) is 0 Å². The first-order chi connectivity index (χ1) is 17.5. The van der Waals surface area contributed by atoms with Gasteiger partial charge in [0.15, 0.2) is 0 Å². The van der Waals surface area contributed by atoms with E-state index in [0.29, 0.717) is 24.6 Å². The number of aryl methyl sites for hydroxylation is 2. The van der Waals surface area contributed by atoms with E-state index in [1.54, 1.807) is 6.92 Å². The number of carbonyl (C=O) groups excluding carboxylic acids is 2. The fourth-order valence-corrected chi connectivity index (χ4v) is 4.79. The monoisotopic (exact) mass is 497 g/mol. The van der Waals surface area contributed by atoms with E-state index in [1.807, 2.05) is 6.07 Å². The quantitative estimate of drug-likeness (QED) is 0.296. The first-order valence-corrected chi connectivity index (χ1v) is 13.0. The second-order valence-corrected chi connectivity index (χ2v) is 9.06. The zero-order chi connectivity index (χ0) is 25.9. The molecule has 0 spiro atoms. The second-order valence-electron chi connectivity index (χ2n) is 9.06. The minimum atomic E-state index is -0.792. The number of hydrogen-bond acceptors (Lipinski definition) is 7. The van der Waals surface area contributed by atoms with Crippen molar-refractivity contribution in [3.8, 4) is 0 Å². The molecule has 2 heterocycles. The molecule has 2 atom stereocenters. The number of benzene rings is 1. The molecule has 1 aromatic heterocycles. The maximum Gasteiger partial charge on any atom is 0.407 e. The van der Waals surface area contributed by atoms with Crippen molar-refractivity contribution in [3.05, 3.63) is 53.4 Å². The average molecular weight is 498 g/mol. The van der Waals surface area contributed by atoms with Gasteiger partial charge >= 0.3 is 12.1 Å². The maximum atomic E-state index is 12.1. The number of carbonyl (C=O) groups is 2. The molecular weight excluding hydrogens is 458 g/mol. The number of hydrogen-bond donors (Lipinski definition) is 1. The van der Waals surface area contributed by atoms with E-state index in [-0.39, 0.29) is 6.61 Å². The molecule has 2 unspecified atom stereocenters. The summed E-state index contributed by atoms with van der Waals surface area (Å²) in [7, 11) is 1.26. The van der Waals surface area contributed by atoms with Gasteiger partial charge in [-0.05, 0) is 58.1 Å². The van der Waals surface area contributed by atoms with Crippen molar-refractivity contribution in [2.24, 2.45) is 0 Å². The Balaban J connectivity index is 1.38. The van der Waals surface area contributed by atoms with Crippen LogP contribution in [-0.2, 0) is 27.1 Å². The molecule has 0 aliphatic carbocycles. The highest BCUT2D eigenvalue weighted by Gasteiger charge is 2.29. The molecule has 2 aromatic rings. The van der Waals surface area contributed by atoms with E-state index in [4.69, 9.17) is 9.26 Å². The Morgan fingerprint density at radius 3 is 2.72 bits per heavy atom. The third-order valence-corrected chi connectivity index (χ3v) is 6.67. The number of fused-ring (bicyclic) bond motifs is 1. The van der Waals surface area contributed by atoms with Gasteiger partial charge < -0.3 is 24.2 Å². The highest BCUT2D eigenvalue weighted by molar-refractivity contribution is 5.87. The fraction of sp³-hybridized carbons (Fsp3) is 0.536. The van der Waals surface area contributed by atoms with Gasteiger partial charge in [0.2, 0.25) is 0 Å². The number of nitrogens with one attached hydrogen (secondary N) is 1. The van der Waals surface area contributed by atoms with E-state index in [1.165, 1.54) is 30.4 Å². The van der Waals surface area contributed by atoms with Crippen LogP contribution in [0.4, 0.5) is 10.5 Å². The van der Waals surface area contributed by atoms with Crippen LogP contribution in [0.15, 0.2) is 40.9 Å². The number of esters is 1. The molecule has 0 saturated carbocycles. The molecule has 0 saturated heterocycles. The lowest BCUT2D eigenvalue weighted by Crippen LogP contribution is -2.42. The van der Waals surface area contributed by atoms with Crippen molar-refractivity contribution in [3.63, 3.8) is 0 Å². The van der Waals surface area contributed by atoms with Crippen LogP contribution in [0.1, 0.15) is 69.9 Å². The Morgan fingerprint density at radius 2 is 1.97 bits per heavy atom. The van der Waals surface area contributed by atoms with Crippen LogP contribution in [0.25, 0.3) is 5.57 Å². The van der Waals surface area contributed by atoms with Crippen LogP contribution in [-0.4, -0.2) is 49.6 Å². The predicted octanol–water partition coefficient (Wildman–Crippen LogP) is 5.31. The summed E-state index contributed by atoms with van der Waals surface area (Å²) in [6, 6.07) is 10.3. The number of ether oxygens (including phenoxy) is 2. The van der Waals surface area contributed by atoms with Gasteiger partial charge in [0.05, 0.1) is 25.5 Å². The van der Waals surface area contributed by atoms with Crippen molar-refractivity contribution >= 4 is 23.3 Å². The molecule has 1 aliphatic heterocycles. The smallest absolute Gasteiger partial charge is 0.407 e. The highest BCUT2D eigenvalue weighted by Crippen LogP contribution is 2.40. The summed E-state index contributed by atoms with van der Waals surface area (Å²) < 4.78 is 15.1. The number of aromatic nitrogens is 1. The SMILES string of the molecule is C/C=C1/c2ccccc2N(CCCCCCc2cc(CCC(NC(=O)OC)C(=O)OCC)on2)C1C. The van der Waals surface area contributed by atoms with Crippen LogP contribution in [0.2, 0.25) is 0 Å². The Bertz CT molecular complexity index is 1030. The van der Waals surface area contributed by atoms with Crippen LogP contribution in [0, 0.1) is 0 Å². The molecule has 1 N–H and O–H groups in total. The van der Waals surface area contributed by atoms with E-state index < -0.39 is 18.1 Å². The number of rotatable bonds is 13. The van der Waals surface area contributed by atoms with Crippen LogP contribution < -0.4 is 10.2 Å². The largest absolute Gasteiger partial charge is 0.464 e. The van der Waals surface area contributed by atoms with Gasteiger partial charge in [-0.1, -0.05) is 42.3 Å². The number of methoxy groups -OCH3 is 1. The first kappa shape index (κ1) is 27.3. The Kier molecular flexibility index (Phi) is 10.4. The molecule has 8 heteroatoms. The minimum Gasteiger partial charge on any atom is -0.464 e. The zero-order valence-corrected chi connectivity index (χ0v) is 21.9. The number of amides is 1. The van der Waals surface area contributed by atoms with Gasteiger partial charge in [-0.3, -0.25) is 0 Å². The number of anilines is 1. The third kappa shape index (κ3) is 7.12. The summed E-state index contributed by atoms with van der Waals surface area (Å²) in [5.41, 5.74) is 5.05. The lowest BCUT2D eigenvalue weighted by atomic mass is 10.0. The normalized spacial score (nSPS) is 16.6. The third-order valence-electron chi connectivity index (χ3n) is 6.67. The van der Waals surface area contributed by atoms with Gasteiger partial charge in [0, 0.05) is 30.3 Å². The molecule has 3 rings (SSSR count). The second kappa shape index (κ2) is 13.7. The molecular formula is C28H39N3O5. The summed E-state index contributed by atoms with van der Waals surface area (Å²) >= 11 is 0. The lowest BCUT2D eigenvalue weighted by molar-refractivity contribution is -0.145. The summed E-state index contributed by atoms with van der Waals surface area (Å²) in [6.45, 7) is 7.44. The molecule has 1 aromatic carbocycles. The number of para-hydroxylation sites is 1. The van der Waals surface area contributed by atoms with E-state index >= 15 is 0 Å². The van der Waals surface area contributed by atoms with Crippen LogP contribution >= 0.6 is 0 Å². The molecule has 0 fully saturated rings. The van der Waals surface area contributed by atoms with Crippen LogP contribution in [0.5, 0.6) is 0 Å². The molecule has 196 valence electrons. The number of alkyl carbamates (subject to hydrolysis) is 1. The van der Waals surface area contributed by atoms with Gasteiger partial charge in [-0.25, -0.2) is 9.59 Å². The van der Waals surface area contributed by atoms with Gasteiger partial charge in [-0.2, -0.15) is 0 Å². The molecule has 1 amide bonds. The summed E-state index contributed by atoms with van der Waals surface area (Å²) in [5.74, 6) is 0.198. The predicted molar refractivity (Wildman–Crippen MR) is 140 cm³/mol. The van der Waals surface area contributed by atoms with Gasteiger partial charge in [0.1, 0.15) is 11.8 Å². The van der Waals surface area contributed by atoms with Crippen molar-refractivity contribution < 1.29 is 23.6 Å². The first-order valence-electron chi connectivity index (χ1n) is 13.0. The van der Waals surface area contributed by atoms with E-state index in [2.05, 4.69) is 64.3 Å². The lowest BCUT2D eigenvalue weighted by Gasteiger charge is -2.25. The molecule has 1 aliphatic rings. The standard InChI is InChI=1S/C28H39N3O5/c1-5-23-20(3)31(26-15-11-10-14-24(23)26)18-12-8-7-9-13-21-19-22(36-30-21)16-17-25(27(32)35-6-2)29-28(33)34-4/h5,10-11,14-15,19-20,25H,6-9,12-13,16-18H2,1-4H3,(H,29,33)/b23-5+. The Labute approximate surface area is 214 Å². The van der Waals surface area contributed by atoms with Crippen LogP contribution in [0.3, 0.4) is 0 Å². The number of unbranched alkanes of at least 4 members (excludes halogenated alkanes) is 3.